The quantitative estimate of drug-likeness (QED) is 0.389. The molecule has 1 amide bonds. The maximum absolute atomic E-state index is 13.1. The van der Waals surface area contributed by atoms with Crippen LogP contribution in [0.25, 0.3) is 10.6 Å². The van der Waals surface area contributed by atoms with Gasteiger partial charge in [0.15, 0.2) is 0 Å². The van der Waals surface area contributed by atoms with E-state index >= 15 is 0 Å². The van der Waals surface area contributed by atoms with Gasteiger partial charge in [-0.2, -0.15) is 0 Å². The smallest absolute Gasteiger partial charge is 0.293 e. The molecule has 0 N–H and O–H groups in total. The lowest BCUT2D eigenvalue weighted by atomic mass is 10.1. The Balaban J connectivity index is 1.20. The molecular formula is C25H27N5O3S. The summed E-state index contributed by atoms with van der Waals surface area (Å²) >= 11 is 1.65. The summed E-state index contributed by atoms with van der Waals surface area (Å²) < 4.78 is 0. The largest absolute Gasteiger partial charge is 0.366 e. The van der Waals surface area contributed by atoms with E-state index in [9.17, 15) is 14.9 Å². The number of hydrogen-bond acceptors (Lipinski definition) is 7. The second-order valence-corrected chi connectivity index (χ2v) is 9.59. The van der Waals surface area contributed by atoms with Gasteiger partial charge in [-0.3, -0.25) is 19.8 Å². The monoisotopic (exact) mass is 477 g/mol. The van der Waals surface area contributed by atoms with E-state index in [4.69, 9.17) is 4.98 Å². The number of aromatic nitrogens is 1. The van der Waals surface area contributed by atoms with Crippen LogP contribution in [-0.4, -0.2) is 64.9 Å². The van der Waals surface area contributed by atoms with Crippen LogP contribution in [0.15, 0.2) is 53.9 Å². The zero-order valence-electron chi connectivity index (χ0n) is 18.9. The van der Waals surface area contributed by atoms with Crippen molar-refractivity contribution in [3.63, 3.8) is 0 Å². The SMILES string of the molecule is O=C(c1ccc(N2CCCC2)c([N+](=O)[O-])c1)N1CCN(Cc2csc(-c3ccccc3)n2)CC1. The van der Waals surface area contributed by atoms with Crippen LogP contribution in [0.1, 0.15) is 28.9 Å². The number of anilines is 1. The molecule has 3 heterocycles. The Morgan fingerprint density at radius 2 is 1.74 bits per heavy atom. The van der Waals surface area contributed by atoms with Gasteiger partial charge in [0.05, 0.1) is 10.6 Å². The summed E-state index contributed by atoms with van der Waals surface area (Å²) in [6, 6.07) is 15.1. The Morgan fingerprint density at radius 3 is 2.44 bits per heavy atom. The first kappa shape index (κ1) is 22.5. The van der Waals surface area contributed by atoms with Crippen molar-refractivity contribution in [2.75, 3.05) is 44.2 Å². The van der Waals surface area contributed by atoms with E-state index in [1.54, 1.807) is 28.4 Å². The lowest BCUT2D eigenvalue weighted by Gasteiger charge is -2.34. The fourth-order valence-corrected chi connectivity index (χ4v) is 5.46. The predicted molar refractivity (Wildman–Crippen MR) is 133 cm³/mol. The molecule has 0 aliphatic carbocycles. The van der Waals surface area contributed by atoms with Crippen molar-refractivity contribution < 1.29 is 9.72 Å². The summed E-state index contributed by atoms with van der Waals surface area (Å²) in [6.45, 7) is 5.08. The first-order valence-electron chi connectivity index (χ1n) is 11.6. The highest BCUT2D eigenvalue weighted by Crippen LogP contribution is 2.32. The van der Waals surface area contributed by atoms with Crippen LogP contribution in [0, 0.1) is 10.1 Å². The molecule has 1 aromatic heterocycles. The molecule has 0 spiro atoms. The number of amides is 1. The van der Waals surface area contributed by atoms with Crippen LogP contribution >= 0.6 is 11.3 Å². The van der Waals surface area contributed by atoms with Gasteiger partial charge in [-0.25, -0.2) is 4.98 Å². The lowest BCUT2D eigenvalue weighted by molar-refractivity contribution is -0.384. The minimum absolute atomic E-state index is 0.0177. The maximum Gasteiger partial charge on any atom is 0.293 e. The third-order valence-corrected chi connectivity index (χ3v) is 7.42. The van der Waals surface area contributed by atoms with E-state index in [0.717, 1.165) is 61.8 Å². The second kappa shape index (κ2) is 9.90. The topological polar surface area (TPSA) is 82.8 Å². The Bertz CT molecular complexity index is 1170. The van der Waals surface area contributed by atoms with E-state index in [2.05, 4.69) is 22.4 Å². The highest BCUT2D eigenvalue weighted by Gasteiger charge is 2.27. The van der Waals surface area contributed by atoms with E-state index in [1.807, 2.05) is 23.1 Å². The molecule has 2 fully saturated rings. The van der Waals surface area contributed by atoms with Crippen LogP contribution in [0.4, 0.5) is 11.4 Å². The highest BCUT2D eigenvalue weighted by molar-refractivity contribution is 7.13. The molecule has 2 saturated heterocycles. The summed E-state index contributed by atoms with van der Waals surface area (Å²) in [7, 11) is 0. The van der Waals surface area contributed by atoms with Gasteiger partial charge < -0.3 is 9.80 Å². The van der Waals surface area contributed by atoms with Crippen LogP contribution in [0.2, 0.25) is 0 Å². The Kier molecular flexibility index (Phi) is 6.55. The van der Waals surface area contributed by atoms with E-state index in [1.165, 1.54) is 6.07 Å². The average Bonchev–Trinajstić information content (AvgIpc) is 3.57. The molecule has 2 aliphatic rings. The standard InChI is InChI=1S/C25H27N5O3S/c31-25(20-8-9-22(23(16-20)30(32)33)28-10-4-5-11-28)29-14-12-27(13-15-29)17-21-18-34-24(26-21)19-6-2-1-3-7-19/h1-3,6-9,16,18H,4-5,10-15,17H2. The van der Waals surface area contributed by atoms with Crippen molar-refractivity contribution >= 4 is 28.6 Å². The van der Waals surface area contributed by atoms with Gasteiger partial charge in [-0.15, -0.1) is 11.3 Å². The molecule has 5 rings (SSSR count). The number of hydrogen-bond donors (Lipinski definition) is 0. The number of benzene rings is 2. The molecule has 0 unspecified atom stereocenters. The van der Waals surface area contributed by atoms with Gasteiger partial charge in [0.25, 0.3) is 11.6 Å². The Labute approximate surface area is 202 Å². The molecule has 8 nitrogen and oxygen atoms in total. The number of carbonyl (C=O) groups is 1. The molecular weight excluding hydrogens is 450 g/mol. The third kappa shape index (κ3) is 4.80. The molecule has 2 aliphatic heterocycles. The number of nitro groups is 1. The first-order valence-corrected chi connectivity index (χ1v) is 12.5. The number of thiazole rings is 1. The van der Waals surface area contributed by atoms with E-state index in [-0.39, 0.29) is 16.5 Å². The molecule has 0 saturated carbocycles. The minimum Gasteiger partial charge on any atom is -0.366 e. The molecule has 0 bridgehead atoms. The van der Waals surface area contributed by atoms with Crippen molar-refractivity contribution in [2.24, 2.45) is 0 Å². The summed E-state index contributed by atoms with van der Waals surface area (Å²) in [5.74, 6) is -0.143. The minimum atomic E-state index is -0.375. The zero-order chi connectivity index (χ0) is 23.5. The Hall–Kier alpha value is -3.30. The van der Waals surface area contributed by atoms with Crippen molar-refractivity contribution in [3.8, 4) is 10.6 Å². The van der Waals surface area contributed by atoms with Gasteiger partial charge in [-0.1, -0.05) is 30.3 Å². The fourth-order valence-electron chi connectivity index (χ4n) is 4.64. The molecule has 9 heteroatoms. The van der Waals surface area contributed by atoms with Gasteiger partial charge in [0.1, 0.15) is 10.7 Å². The molecule has 0 atom stereocenters. The molecule has 0 radical (unpaired) electrons. The highest BCUT2D eigenvalue weighted by atomic mass is 32.1. The van der Waals surface area contributed by atoms with Gasteiger partial charge >= 0.3 is 0 Å². The zero-order valence-corrected chi connectivity index (χ0v) is 19.7. The molecule has 34 heavy (non-hydrogen) atoms. The van der Waals surface area contributed by atoms with Crippen molar-refractivity contribution in [1.82, 2.24) is 14.8 Å². The van der Waals surface area contributed by atoms with Crippen molar-refractivity contribution in [1.29, 1.82) is 0 Å². The molecule has 176 valence electrons. The van der Waals surface area contributed by atoms with E-state index in [0.29, 0.717) is 24.3 Å². The fraction of sp³-hybridized carbons (Fsp3) is 0.360. The first-order chi connectivity index (χ1) is 16.6. The number of piperazine rings is 1. The van der Waals surface area contributed by atoms with Gasteiger partial charge in [0.2, 0.25) is 0 Å². The van der Waals surface area contributed by atoms with Crippen LogP contribution in [-0.2, 0) is 6.54 Å². The maximum atomic E-state index is 13.1. The van der Waals surface area contributed by atoms with Crippen LogP contribution in [0.3, 0.4) is 0 Å². The third-order valence-electron chi connectivity index (χ3n) is 6.48. The Morgan fingerprint density at radius 1 is 1.00 bits per heavy atom. The normalized spacial score (nSPS) is 16.7. The number of nitrogens with zero attached hydrogens (tertiary/aromatic N) is 5. The number of rotatable bonds is 6. The molecule has 2 aromatic carbocycles. The van der Waals surface area contributed by atoms with Gasteiger partial charge in [-0.05, 0) is 25.0 Å². The number of nitro benzene ring substituents is 1. The summed E-state index contributed by atoms with van der Waals surface area (Å²) in [5, 5.41) is 14.8. The molecule has 3 aromatic rings. The van der Waals surface area contributed by atoms with Crippen LogP contribution in [0.5, 0.6) is 0 Å². The second-order valence-electron chi connectivity index (χ2n) is 8.73. The average molecular weight is 478 g/mol. The summed E-state index contributed by atoms with van der Waals surface area (Å²) in [5.41, 5.74) is 3.18. The van der Waals surface area contributed by atoms with Crippen molar-refractivity contribution in [2.45, 2.75) is 19.4 Å². The number of carbonyl (C=O) groups excluding carboxylic acids is 1. The van der Waals surface area contributed by atoms with Gasteiger partial charge in [0, 0.05) is 68.4 Å². The summed E-state index contributed by atoms with van der Waals surface area (Å²) in [6.07, 6.45) is 2.08. The van der Waals surface area contributed by atoms with E-state index < -0.39 is 0 Å². The predicted octanol–water partition coefficient (Wildman–Crippen LogP) is 4.28. The lowest BCUT2D eigenvalue weighted by Crippen LogP contribution is -2.48. The van der Waals surface area contributed by atoms with Crippen molar-refractivity contribution in [3.05, 3.63) is 75.3 Å². The summed E-state index contributed by atoms with van der Waals surface area (Å²) in [4.78, 5) is 35.3. The van der Waals surface area contributed by atoms with Crippen LogP contribution < -0.4 is 4.90 Å².